The van der Waals surface area contributed by atoms with Gasteiger partial charge in [-0.15, -0.1) is 0 Å². The van der Waals surface area contributed by atoms with Crippen molar-refractivity contribution < 1.29 is 4.39 Å². The van der Waals surface area contributed by atoms with Gasteiger partial charge in [0.1, 0.15) is 17.2 Å². The summed E-state index contributed by atoms with van der Waals surface area (Å²) in [5.74, 6) is 0.582. The van der Waals surface area contributed by atoms with Gasteiger partial charge >= 0.3 is 0 Å². The van der Waals surface area contributed by atoms with E-state index in [0.29, 0.717) is 23.6 Å². The van der Waals surface area contributed by atoms with Crippen LogP contribution in [0.25, 0.3) is 33.4 Å². The number of nitrogens with one attached hydrogen (secondary N) is 1. The Labute approximate surface area is 192 Å². The minimum atomic E-state index is -0.395. The van der Waals surface area contributed by atoms with E-state index in [2.05, 4.69) is 20.3 Å². The largest absolute Gasteiger partial charge is 0.365 e. The molecule has 0 saturated carbocycles. The molecule has 5 rings (SSSR count). The number of pyridine rings is 2. The zero-order valence-corrected chi connectivity index (χ0v) is 18.5. The van der Waals surface area contributed by atoms with E-state index in [1.165, 1.54) is 6.07 Å². The fraction of sp³-hybridized carbons (Fsp3) is 0.111. The first-order valence-electron chi connectivity index (χ1n) is 10.9. The molecule has 0 saturated heterocycles. The Morgan fingerprint density at radius 3 is 2.18 bits per heavy atom. The number of hydrogen-bond acceptors (Lipinski definition) is 5. The molecule has 2 aromatic carbocycles. The molecule has 6 heteroatoms. The second kappa shape index (κ2) is 10.4. The molecule has 0 bridgehead atoms. The van der Waals surface area contributed by atoms with Crippen LogP contribution in [-0.2, 0) is 6.54 Å². The first kappa shape index (κ1) is 22.0. The lowest BCUT2D eigenvalue weighted by Gasteiger charge is -2.13. The number of aromatic nitrogens is 4. The van der Waals surface area contributed by atoms with Crippen LogP contribution < -0.4 is 5.32 Å². The summed E-state index contributed by atoms with van der Waals surface area (Å²) in [6, 6.07) is 20.7. The first-order valence-corrected chi connectivity index (χ1v) is 10.9. The number of fused-ring (bicyclic) bond motifs is 1. The second-order valence-electron chi connectivity index (χ2n) is 7.07. The quantitative estimate of drug-likeness (QED) is 0.339. The smallest absolute Gasteiger partial charge is 0.163 e. The van der Waals surface area contributed by atoms with Gasteiger partial charge in [0.25, 0.3) is 0 Å². The molecule has 0 fully saturated rings. The summed E-state index contributed by atoms with van der Waals surface area (Å²) >= 11 is 0. The van der Waals surface area contributed by atoms with Crippen molar-refractivity contribution >= 4 is 16.7 Å². The van der Waals surface area contributed by atoms with Gasteiger partial charge in [0.15, 0.2) is 5.82 Å². The molecule has 0 amide bonds. The van der Waals surface area contributed by atoms with Crippen LogP contribution >= 0.6 is 0 Å². The van der Waals surface area contributed by atoms with Crippen molar-refractivity contribution in [3.63, 3.8) is 0 Å². The summed E-state index contributed by atoms with van der Waals surface area (Å²) in [7, 11) is 0. The van der Waals surface area contributed by atoms with E-state index < -0.39 is 5.82 Å². The van der Waals surface area contributed by atoms with Crippen molar-refractivity contribution in [1.29, 1.82) is 0 Å². The van der Waals surface area contributed by atoms with Crippen molar-refractivity contribution in [3.05, 3.63) is 103 Å². The lowest BCUT2D eigenvalue weighted by Crippen LogP contribution is -2.05. The molecule has 0 unspecified atom stereocenters. The maximum atomic E-state index is 15.2. The maximum Gasteiger partial charge on any atom is 0.163 e. The number of halogens is 1. The van der Waals surface area contributed by atoms with E-state index in [1.807, 2.05) is 68.4 Å². The lowest BCUT2D eigenvalue weighted by molar-refractivity contribution is 0.637. The number of rotatable bonds is 5. The van der Waals surface area contributed by atoms with Gasteiger partial charge in [-0.2, -0.15) is 0 Å². The Kier molecular flexibility index (Phi) is 6.95. The van der Waals surface area contributed by atoms with Crippen molar-refractivity contribution in [3.8, 4) is 22.5 Å². The molecule has 0 aliphatic heterocycles. The predicted octanol–water partition coefficient (Wildman–Crippen LogP) is 6.53. The molecule has 3 heterocycles. The van der Waals surface area contributed by atoms with Crippen LogP contribution in [0.15, 0.2) is 91.5 Å². The van der Waals surface area contributed by atoms with Crippen molar-refractivity contribution in [2.75, 3.05) is 5.32 Å². The molecule has 0 aliphatic carbocycles. The summed E-state index contributed by atoms with van der Waals surface area (Å²) in [6.07, 6.45) is 6.86. The Balaban J connectivity index is 0.00000126. The molecule has 0 atom stereocenters. The molecule has 5 aromatic rings. The number of anilines is 1. The summed E-state index contributed by atoms with van der Waals surface area (Å²) in [5.41, 5.74) is 3.69. The van der Waals surface area contributed by atoms with Crippen LogP contribution in [0.3, 0.4) is 0 Å². The summed E-state index contributed by atoms with van der Waals surface area (Å²) in [5, 5.41) is 3.96. The fourth-order valence-electron chi connectivity index (χ4n) is 3.43. The standard InChI is InChI=1S/C25H18FN5.C2H6/c26-22-13-20(18-7-2-1-3-8-18)12-21-23(22)30-24(19-9-5-11-28-16-19)31-25(21)29-15-17-6-4-10-27-14-17;1-2/h1-14,16H,15H2,(H,29,30,31);1-2H3. The van der Waals surface area contributed by atoms with E-state index in [0.717, 1.165) is 22.3 Å². The van der Waals surface area contributed by atoms with E-state index in [1.54, 1.807) is 30.9 Å². The highest BCUT2D eigenvalue weighted by molar-refractivity contribution is 5.94. The van der Waals surface area contributed by atoms with Gasteiger partial charge in [-0.25, -0.2) is 14.4 Å². The SMILES string of the molecule is CC.Fc1cc(-c2ccccc2)cc2c(NCc3cccnc3)nc(-c3cccnc3)nc12. The average Bonchev–Trinajstić information content (AvgIpc) is 2.90. The highest BCUT2D eigenvalue weighted by Crippen LogP contribution is 2.31. The molecule has 3 aromatic heterocycles. The van der Waals surface area contributed by atoms with Crippen LogP contribution in [0.1, 0.15) is 19.4 Å². The molecule has 0 spiro atoms. The van der Waals surface area contributed by atoms with Crippen LogP contribution in [0.4, 0.5) is 10.2 Å². The predicted molar refractivity (Wildman–Crippen MR) is 131 cm³/mol. The molecule has 33 heavy (non-hydrogen) atoms. The minimum Gasteiger partial charge on any atom is -0.365 e. The zero-order valence-electron chi connectivity index (χ0n) is 18.5. The monoisotopic (exact) mass is 437 g/mol. The van der Waals surface area contributed by atoms with Gasteiger partial charge in [0, 0.05) is 42.3 Å². The molecular formula is C27H24FN5. The average molecular weight is 438 g/mol. The van der Waals surface area contributed by atoms with Crippen molar-refractivity contribution in [1.82, 2.24) is 19.9 Å². The van der Waals surface area contributed by atoms with E-state index >= 15 is 4.39 Å². The zero-order chi connectivity index (χ0) is 23.0. The molecule has 0 aliphatic rings. The molecule has 1 N–H and O–H groups in total. The first-order chi connectivity index (χ1) is 16.3. The van der Waals surface area contributed by atoms with E-state index in [-0.39, 0.29) is 5.52 Å². The Morgan fingerprint density at radius 2 is 1.48 bits per heavy atom. The Hall–Kier alpha value is -4.19. The minimum absolute atomic E-state index is 0.266. The summed E-state index contributed by atoms with van der Waals surface area (Å²) in [4.78, 5) is 17.5. The number of hydrogen-bond donors (Lipinski definition) is 1. The van der Waals surface area contributed by atoms with E-state index in [4.69, 9.17) is 4.98 Å². The number of nitrogens with zero attached hydrogens (tertiary/aromatic N) is 4. The molecule has 0 radical (unpaired) electrons. The van der Waals surface area contributed by atoms with Gasteiger partial charge in [-0.05, 0) is 47.0 Å². The number of benzene rings is 2. The van der Waals surface area contributed by atoms with Gasteiger partial charge in [0.05, 0.1) is 0 Å². The van der Waals surface area contributed by atoms with Crippen LogP contribution in [-0.4, -0.2) is 19.9 Å². The highest BCUT2D eigenvalue weighted by Gasteiger charge is 2.15. The topological polar surface area (TPSA) is 63.6 Å². The fourth-order valence-corrected chi connectivity index (χ4v) is 3.43. The van der Waals surface area contributed by atoms with Crippen molar-refractivity contribution in [2.24, 2.45) is 0 Å². The van der Waals surface area contributed by atoms with Gasteiger partial charge < -0.3 is 5.32 Å². The normalized spacial score (nSPS) is 10.4. The molecular weight excluding hydrogens is 413 g/mol. The van der Waals surface area contributed by atoms with Gasteiger partial charge in [0.2, 0.25) is 0 Å². The molecule has 164 valence electrons. The van der Waals surface area contributed by atoms with Crippen LogP contribution in [0, 0.1) is 5.82 Å². The van der Waals surface area contributed by atoms with Crippen LogP contribution in [0.5, 0.6) is 0 Å². The van der Waals surface area contributed by atoms with Gasteiger partial charge in [-0.3, -0.25) is 9.97 Å². The van der Waals surface area contributed by atoms with Crippen molar-refractivity contribution in [2.45, 2.75) is 20.4 Å². The van der Waals surface area contributed by atoms with Crippen LogP contribution in [0.2, 0.25) is 0 Å². The van der Waals surface area contributed by atoms with Gasteiger partial charge in [-0.1, -0.05) is 50.2 Å². The lowest BCUT2D eigenvalue weighted by atomic mass is 10.0. The maximum absolute atomic E-state index is 15.2. The third kappa shape index (κ3) is 5.01. The molecule has 5 nitrogen and oxygen atoms in total. The summed E-state index contributed by atoms with van der Waals surface area (Å²) < 4.78 is 15.2. The summed E-state index contributed by atoms with van der Waals surface area (Å²) in [6.45, 7) is 4.50. The third-order valence-corrected chi connectivity index (χ3v) is 4.96. The Morgan fingerprint density at radius 1 is 0.758 bits per heavy atom. The second-order valence-corrected chi connectivity index (χ2v) is 7.07. The van der Waals surface area contributed by atoms with E-state index in [9.17, 15) is 0 Å². The highest BCUT2D eigenvalue weighted by atomic mass is 19.1. The Bertz CT molecular complexity index is 1330. The third-order valence-electron chi connectivity index (χ3n) is 4.96.